The van der Waals surface area contributed by atoms with E-state index in [1.54, 1.807) is 23.7 Å². The fourth-order valence-electron chi connectivity index (χ4n) is 1.39. The molecular weight excluding hydrogens is 218 g/mol. The van der Waals surface area contributed by atoms with Crippen LogP contribution in [0.3, 0.4) is 0 Å². The maximum absolute atomic E-state index is 9.05. The third kappa shape index (κ3) is 2.66. The first-order valence-corrected chi connectivity index (χ1v) is 5.83. The molecule has 2 rings (SSSR count). The number of nitriles is 1. The fraction of sp³-hybridized carbons (Fsp3) is 0.167. The molecule has 1 unspecified atom stereocenters. The molecule has 0 aromatic carbocycles. The number of aromatic nitrogens is 1. The molecule has 0 saturated heterocycles. The monoisotopic (exact) mass is 229 g/mol. The Morgan fingerprint density at radius 1 is 1.44 bits per heavy atom. The highest BCUT2D eigenvalue weighted by Crippen LogP contribution is 2.18. The lowest BCUT2D eigenvalue weighted by Crippen LogP contribution is -2.18. The zero-order valence-electron chi connectivity index (χ0n) is 8.63. The molecule has 0 aliphatic carbocycles. The van der Waals surface area contributed by atoms with Crippen molar-refractivity contribution in [1.29, 1.82) is 5.26 Å². The molecule has 0 aliphatic heterocycles. The Balaban J connectivity index is 1.97. The van der Waals surface area contributed by atoms with Gasteiger partial charge in [-0.05, 0) is 23.1 Å². The van der Waals surface area contributed by atoms with E-state index in [0.717, 1.165) is 10.4 Å². The minimum atomic E-state index is -0.236. The number of rotatable bonds is 4. The van der Waals surface area contributed by atoms with Gasteiger partial charge < -0.3 is 0 Å². The van der Waals surface area contributed by atoms with E-state index in [9.17, 15) is 0 Å². The van der Waals surface area contributed by atoms with Crippen LogP contribution in [0.2, 0.25) is 0 Å². The van der Waals surface area contributed by atoms with Crippen molar-refractivity contribution in [2.24, 2.45) is 0 Å². The van der Waals surface area contributed by atoms with Crippen LogP contribution in [-0.2, 0) is 6.54 Å². The van der Waals surface area contributed by atoms with Gasteiger partial charge in [0.05, 0.1) is 6.07 Å². The zero-order valence-corrected chi connectivity index (χ0v) is 9.45. The summed E-state index contributed by atoms with van der Waals surface area (Å²) < 4.78 is 0. The molecule has 0 amide bonds. The van der Waals surface area contributed by atoms with Gasteiger partial charge in [-0.15, -0.1) is 11.3 Å². The van der Waals surface area contributed by atoms with Gasteiger partial charge in [-0.3, -0.25) is 10.3 Å². The first-order chi connectivity index (χ1) is 7.90. The topological polar surface area (TPSA) is 48.7 Å². The van der Waals surface area contributed by atoms with Crippen molar-refractivity contribution in [2.45, 2.75) is 12.6 Å². The van der Waals surface area contributed by atoms with Gasteiger partial charge in [0, 0.05) is 23.8 Å². The number of pyridine rings is 1. The first kappa shape index (κ1) is 10.8. The first-order valence-electron chi connectivity index (χ1n) is 4.95. The van der Waals surface area contributed by atoms with Gasteiger partial charge in [-0.2, -0.15) is 5.26 Å². The Labute approximate surface area is 98.4 Å². The molecule has 2 aromatic heterocycles. The molecule has 1 atom stereocenters. The smallest absolute Gasteiger partial charge is 0.130 e. The molecular formula is C12H11N3S. The molecule has 0 spiro atoms. The molecule has 3 nitrogen and oxygen atoms in total. The summed E-state index contributed by atoms with van der Waals surface area (Å²) in [7, 11) is 0. The summed E-state index contributed by atoms with van der Waals surface area (Å²) >= 11 is 1.59. The Kier molecular flexibility index (Phi) is 3.65. The van der Waals surface area contributed by atoms with Crippen molar-refractivity contribution in [3.8, 4) is 6.07 Å². The Morgan fingerprint density at radius 2 is 2.38 bits per heavy atom. The van der Waals surface area contributed by atoms with E-state index in [2.05, 4.69) is 16.4 Å². The summed E-state index contributed by atoms with van der Waals surface area (Å²) in [6.45, 7) is 0.657. The minimum absolute atomic E-state index is 0.236. The van der Waals surface area contributed by atoms with Crippen LogP contribution in [-0.4, -0.2) is 4.98 Å². The van der Waals surface area contributed by atoms with Crippen molar-refractivity contribution < 1.29 is 0 Å². The lowest BCUT2D eigenvalue weighted by molar-refractivity contribution is 0.637. The predicted octanol–water partition coefficient (Wildman–Crippen LogP) is 2.50. The van der Waals surface area contributed by atoms with Crippen LogP contribution < -0.4 is 5.32 Å². The number of hydrogen-bond acceptors (Lipinski definition) is 4. The van der Waals surface area contributed by atoms with E-state index in [1.165, 1.54) is 0 Å². The van der Waals surface area contributed by atoms with Crippen LogP contribution in [0.4, 0.5) is 0 Å². The molecule has 0 fully saturated rings. The van der Waals surface area contributed by atoms with Crippen LogP contribution in [0, 0.1) is 11.3 Å². The standard InChI is InChI=1S/C12H11N3S/c13-7-11(12-4-2-6-16-12)15-9-10-3-1-5-14-8-10/h1-6,8,11,15H,9H2. The van der Waals surface area contributed by atoms with Gasteiger partial charge in [0.15, 0.2) is 0 Å². The molecule has 1 N–H and O–H groups in total. The van der Waals surface area contributed by atoms with E-state index < -0.39 is 0 Å². The molecule has 0 radical (unpaired) electrons. The Hall–Kier alpha value is -1.70. The maximum Gasteiger partial charge on any atom is 0.130 e. The van der Waals surface area contributed by atoms with Gasteiger partial charge in [0.1, 0.15) is 6.04 Å². The third-order valence-corrected chi connectivity index (χ3v) is 3.13. The SMILES string of the molecule is N#CC(NCc1cccnc1)c1cccs1. The van der Waals surface area contributed by atoms with Crippen LogP contribution in [0.5, 0.6) is 0 Å². The average Bonchev–Trinajstić information content (AvgIpc) is 2.85. The highest BCUT2D eigenvalue weighted by Gasteiger charge is 2.10. The number of hydrogen-bond donors (Lipinski definition) is 1. The van der Waals surface area contributed by atoms with E-state index in [-0.39, 0.29) is 6.04 Å². The van der Waals surface area contributed by atoms with Crippen molar-refractivity contribution >= 4 is 11.3 Å². The summed E-state index contributed by atoms with van der Waals surface area (Å²) in [5.74, 6) is 0. The summed E-state index contributed by atoms with van der Waals surface area (Å²) in [4.78, 5) is 5.08. The maximum atomic E-state index is 9.05. The van der Waals surface area contributed by atoms with E-state index in [0.29, 0.717) is 6.54 Å². The quantitative estimate of drug-likeness (QED) is 0.876. The third-order valence-electron chi connectivity index (χ3n) is 2.19. The van der Waals surface area contributed by atoms with Gasteiger partial charge >= 0.3 is 0 Å². The normalized spacial score (nSPS) is 11.9. The summed E-state index contributed by atoms with van der Waals surface area (Å²) in [5.41, 5.74) is 1.08. The van der Waals surface area contributed by atoms with Gasteiger partial charge in [0.25, 0.3) is 0 Å². The van der Waals surface area contributed by atoms with Crippen molar-refractivity contribution in [2.75, 3.05) is 0 Å². The zero-order chi connectivity index (χ0) is 11.2. The molecule has 0 saturated carbocycles. The highest BCUT2D eigenvalue weighted by molar-refractivity contribution is 7.10. The summed E-state index contributed by atoms with van der Waals surface area (Å²) in [6.07, 6.45) is 3.54. The van der Waals surface area contributed by atoms with Crippen molar-refractivity contribution in [1.82, 2.24) is 10.3 Å². The molecule has 2 heterocycles. The van der Waals surface area contributed by atoms with E-state index >= 15 is 0 Å². The second-order valence-corrected chi connectivity index (χ2v) is 4.30. The highest BCUT2D eigenvalue weighted by atomic mass is 32.1. The van der Waals surface area contributed by atoms with Crippen LogP contribution in [0.15, 0.2) is 42.0 Å². The van der Waals surface area contributed by atoms with Gasteiger partial charge in [-0.25, -0.2) is 0 Å². The lowest BCUT2D eigenvalue weighted by Gasteiger charge is -2.09. The fourth-order valence-corrected chi connectivity index (χ4v) is 2.13. The van der Waals surface area contributed by atoms with E-state index in [4.69, 9.17) is 5.26 Å². The minimum Gasteiger partial charge on any atom is -0.293 e. The molecule has 80 valence electrons. The number of thiophene rings is 1. The Morgan fingerprint density at radius 3 is 3.00 bits per heavy atom. The van der Waals surface area contributed by atoms with Crippen molar-refractivity contribution in [3.05, 3.63) is 52.5 Å². The van der Waals surface area contributed by atoms with Crippen LogP contribution in [0.25, 0.3) is 0 Å². The number of nitrogens with one attached hydrogen (secondary N) is 1. The van der Waals surface area contributed by atoms with Crippen LogP contribution >= 0.6 is 11.3 Å². The lowest BCUT2D eigenvalue weighted by atomic mass is 10.2. The van der Waals surface area contributed by atoms with E-state index in [1.807, 2.05) is 29.6 Å². The molecule has 0 bridgehead atoms. The molecule has 2 aromatic rings. The van der Waals surface area contributed by atoms with Crippen molar-refractivity contribution in [3.63, 3.8) is 0 Å². The Bertz CT molecular complexity index is 459. The predicted molar refractivity (Wildman–Crippen MR) is 63.7 cm³/mol. The summed E-state index contributed by atoms with van der Waals surface area (Å²) in [6, 6.07) is 9.82. The summed E-state index contributed by atoms with van der Waals surface area (Å²) in [5, 5.41) is 14.2. The molecule has 4 heteroatoms. The van der Waals surface area contributed by atoms with Crippen LogP contribution in [0.1, 0.15) is 16.5 Å². The molecule has 0 aliphatic rings. The average molecular weight is 229 g/mol. The number of nitrogens with zero attached hydrogens (tertiary/aromatic N) is 2. The second-order valence-electron chi connectivity index (χ2n) is 3.32. The van der Waals surface area contributed by atoms with Gasteiger partial charge in [0.2, 0.25) is 0 Å². The molecule has 16 heavy (non-hydrogen) atoms. The second kappa shape index (κ2) is 5.40. The largest absolute Gasteiger partial charge is 0.293 e. The van der Waals surface area contributed by atoms with Gasteiger partial charge in [-0.1, -0.05) is 12.1 Å².